The molecule has 1 amide bonds. The third-order valence-electron chi connectivity index (χ3n) is 3.98. The number of amides is 1. The first-order valence-corrected chi connectivity index (χ1v) is 7.97. The van der Waals surface area contributed by atoms with E-state index in [4.69, 9.17) is 9.52 Å². The maximum absolute atomic E-state index is 12.6. The molecule has 1 atom stereocenters. The van der Waals surface area contributed by atoms with Crippen LogP contribution in [0, 0.1) is 12.8 Å². The molecule has 3 rings (SSSR count). The molecule has 0 aliphatic carbocycles. The molecule has 1 aromatic heterocycles. The van der Waals surface area contributed by atoms with Crippen molar-refractivity contribution in [2.45, 2.75) is 19.8 Å². The Morgan fingerprint density at radius 2 is 2.14 bits per heavy atom. The fourth-order valence-corrected chi connectivity index (χ4v) is 3.55. The molecule has 1 aromatic carbocycles. The minimum atomic E-state index is -0.847. The molecule has 1 fully saturated rings. The van der Waals surface area contributed by atoms with E-state index in [1.54, 1.807) is 11.0 Å². The number of carboxylic acids is 1. The Bertz CT molecular complexity index is 752. The summed E-state index contributed by atoms with van der Waals surface area (Å²) >= 11 is 3.44. The molecule has 5 nitrogen and oxygen atoms in total. The average Bonchev–Trinajstić information content (AvgIpc) is 2.90. The highest BCUT2D eigenvalue weighted by atomic mass is 79.9. The van der Waals surface area contributed by atoms with Crippen LogP contribution in [0.5, 0.6) is 0 Å². The van der Waals surface area contributed by atoms with E-state index in [1.807, 2.05) is 19.1 Å². The van der Waals surface area contributed by atoms with Crippen LogP contribution in [0.2, 0.25) is 0 Å². The highest BCUT2D eigenvalue weighted by Crippen LogP contribution is 2.30. The second-order valence-corrected chi connectivity index (χ2v) is 6.56. The Labute approximate surface area is 136 Å². The van der Waals surface area contributed by atoms with Crippen molar-refractivity contribution in [3.05, 3.63) is 34.0 Å². The van der Waals surface area contributed by atoms with Gasteiger partial charge < -0.3 is 14.4 Å². The summed E-state index contributed by atoms with van der Waals surface area (Å²) < 4.78 is 6.49. The van der Waals surface area contributed by atoms with Gasteiger partial charge >= 0.3 is 5.97 Å². The second-order valence-electron chi connectivity index (χ2n) is 5.70. The van der Waals surface area contributed by atoms with E-state index in [0.29, 0.717) is 25.0 Å². The van der Waals surface area contributed by atoms with E-state index >= 15 is 0 Å². The number of halogens is 1. The minimum absolute atomic E-state index is 0.241. The number of carboxylic acid groups (broad SMARTS) is 1. The van der Waals surface area contributed by atoms with Gasteiger partial charge in [0.25, 0.3) is 5.91 Å². The number of rotatable bonds is 2. The molecule has 6 heteroatoms. The molecule has 0 radical (unpaired) electrons. The van der Waals surface area contributed by atoms with Crippen LogP contribution in [-0.2, 0) is 4.79 Å². The third kappa shape index (κ3) is 2.75. The maximum atomic E-state index is 12.6. The summed E-state index contributed by atoms with van der Waals surface area (Å²) in [5, 5.41) is 9.99. The Hall–Kier alpha value is -1.82. The van der Waals surface area contributed by atoms with Crippen LogP contribution in [0.4, 0.5) is 0 Å². The summed E-state index contributed by atoms with van der Waals surface area (Å²) in [7, 11) is 0. The van der Waals surface area contributed by atoms with Gasteiger partial charge in [-0.1, -0.05) is 0 Å². The predicted molar refractivity (Wildman–Crippen MR) is 84.9 cm³/mol. The Balaban J connectivity index is 1.89. The van der Waals surface area contributed by atoms with Crippen molar-refractivity contribution in [2.75, 3.05) is 13.1 Å². The lowest BCUT2D eigenvalue weighted by Crippen LogP contribution is -2.42. The SMILES string of the molecule is Cc1cc(Br)c2oc(C(=O)N3CCC[C@H](C(=O)O)C3)cc2c1. The van der Waals surface area contributed by atoms with Gasteiger partial charge in [-0.05, 0) is 59.5 Å². The second kappa shape index (κ2) is 5.76. The number of aliphatic carboxylic acids is 1. The summed E-state index contributed by atoms with van der Waals surface area (Å²) in [5.41, 5.74) is 1.71. The van der Waals surface area contributed by atoms with Crippen LogP contribution in [0.3, 0.4) is 0 Å². The lowest BCUT2D eigenvalue weighted by atomic mass is 9.98. The van der Waals surface area contributed by atoms with E-state index in [9.17, 15) is 9.59 Å². The van der Waals surface area contributed by atoms with E-state index in [-0.39, 0.29) is 18.2 Å². The summed E-state index contributed by atoms with van der Waals surface area (Å²) in [5.74, 6) is -1.32. The van der Waals surface area contributed by atoms with Crippen molar-refractivity contribution in [3.63, 3.8) is 0 Å². The van der Waals surface area contributed by atoms with Crippen LogP contribution in [-0.4, -0.2) is 35.0 Å². The monoisotopic (exact) mass is 365 g/mol. The molecule has 0 bridgehead atoms. The van der Waals surface area contributed by atoms with Gasteiger partial charge in [-0.3, -0.25) is 9.59 Å². The topological polar surface area (TPSA) is 70.8 Å². The number of fused-ring (bicyclic) bond motifs is 1. The Morgan fingerprint density at radius 1 is 1.36 bits per heavy atom. The molecule has 1 aliphatic rings. The molecule has 0 saturated carbocycles. The number of likely N-dealkylation sites (tertiary alicyclic amines) is 1. The highest BCUT2D eigenvalue weighted by molar-refractivity contribution is 9.10. The van der Waals surface area contributed by atoms with Crippen LogP contribution < -0.4 is 0 Å². The molecule has 116 valence electrons. The first kappa shape index (κ1) is 15.1. The van der Waals surface area contributed by atoms with Gasteiger partial charge in [0, 0.05) is 18.5 Å². The maximum Gasteiger partial charge on any atom is 0.308 e. The minimum Gasteiger partial charge on any atom is -0.481 e. The van der Waals surface area contributed by atoms with Crippen LogP contribution >= 0.6 is 15.9 Å². The predicted octanol–water partition coefficient (Wildman–Crippen LogP) is 3.44. The summed E-state index contributed by atoms with van der Waals surface area (Å²) in [4.78, 5) is 25.2. The van der Waals surface area contributed by atoms with Crippen LogP contribution in [0.15, 0.2) is 27.1 Å². The molecule has 22 heavy (non-hydrogen) atoms. The van der Waals surface area contributed by atoms with Gasteiger partial charge in [0.1, 0.15) is 5.58 Å². The lowest BCUT2D eigenvalue weighted by molar-refractivity contribution is -0.143. The summed E-state index contributed by atoms with van der Waals surface area (Å²) in [6.07, 6.45) is 1.32. The van der Waals surface area contributed by atoms with Gasteiger partial charge in [-0.15, -0.1) is 0 Å². The van der Waals surface area contributed by atoms with Gasteiger partial charge in [0.15, 0.2) is 5.76 Å². The summed E-state index contributed by atoms with van der Waals surface area (Å²) in [6.45, 7) is 2.78. The number of aryl methyl sites for hydroxylation is 1. The Morgan fingerprint density at radius 3 is 2.86 bits per heavy atom. The smallest absolute Gasteiger partial charge is 0.308 e. The normalized spacial score (nSPS) is 18.6. The highest BCUT2D eigenvalue weighted by Gasteiger charge is 2.30. The number of piperidine rings is 1. The van der Waals surface area contributed by atoms with Crippen molar-refractivity contribution >= 4 is 38.8 Å². The molecular formula is C16H16BrNO4. The number of benzene rings is 1. The zero-order valence-electron chi connectivity index (χ0n) is 12.1. The first-order chi connectivity index (χ1) is 10.5. The number of carbonyl (C=O) groups excluding carboxylic acids is 1. The average molecular weight is 366 g/mol. The molecule has 0 spiro atoms. The van der Waals surface area contributed by atoms with E-state index in [2.05, 4.69) is 15.9 Å². The first-order valence-electron chi connectivity index (χ1n) is 7.17. The van der Waals surface area contributed by atoms with E-state index in [1.165, 1.54) is 0 Å². The largest absolute Gasteiger partial charge is 0.481 e. The lowest BCUT2D eigenvalue weighted by Gasteiger charge is -2.29. The standard InChI is InChI=1S/C16H16BrNO4/c1-9-5-11-7-13(22-14(11)12(17)6-9)15(19)18-4-2-3-10(8-18)16(20)21/h5-7,10H,2-4,8H2,1H3,(H,20,21)/t10-/m0/s1. The van der Waals surface area contributed by atoms with Crippen LogP contribution in [0.25, 0.3) is 11.0 Å². The fourth-order valence-electron chi connectivity index (χ4n) is 2.88. The molecule has 2 aromatic rings. The number of hydrogen-bond acceptors (Lipinski definition) is 3. The van der Waals surface area contributed by atoms with E-state index in [0.717, 1.165) is 15.4 Å². The summed E-state index contributed by atoms with van der Waals surface area (Å²) in [6, 6.07) is 5.61. The number of carbonyl (C=O) groups is 2. The number of hydrogen-bond donors (Lipinski definition) is 1. The Kier molecular flexibility index (Phi) is 3.95. The van der Waals surface area contributed by atoms with Crippen molar-refractivity contribution in [1.82, 2.24) is 4.90 Å². The molecular weight excluding hydrogens is 350 g/mol. The molecule has 2 heterocycles. The van der Waals surface area contributed by atoms with Crippen molar-refractivity contribution in [1.29, 1.82) is 0 Å². The molecule has 0 unspecified atom stereocenters. The number of furan rings is 1. The van der Waals surface area contributed by atoms with Crippen molar-refractivity contribution in [3.8, 4) is 0 Å². The van der Waals surface area contributed by atoms with Gasteiger partial charge in [-0.25, -0.2) is 0 Å². The van der Waals surface area contributed by atoms with E-state index < -0.39 is 11.9 Å². The van der Waals surface area contributed by atoms with Crippen molar-refractivity contribution in [2.24, 2.45) is 5.92 Å². The van der Waals surface area contributed by atoms with Gasteiger partial charge in [0.05, 0.1) is 10.4 Å². The molecule has 1 N–H and O–H groups in total. The fraction of sp³-hybridized carbons (Fsp3) is 0.375. The zero-order chi connectivity index (χ0) is 15.9. The molecule has 1 saturated heterocycles. The number of nitrogens with zero attached hydrogens (tertiary/aromatic N) is 1. The van der Waals surface area contributed by atoms with Crippen LogP contribution in [0.1, 0.15) is 29.0 Å². The van der Waals surface area contributed by atoms with Crippen molar-refractivity contribution < 1.29 is 19.1 Å². The quantitative estimate of drug-likeness (QED) is 0.884. The van der Waals surface area contributed by atoms with Gasteiger partial charge in [0.2, 0.25) is 0 Å². The zero-order valence-corrected chi connectivity index (χ0v) is 13.7. The van der Waals surface area contributed by atoms with Gasteiger partial charge in [-0.2, -0.15) is 0 Å². The third-order valence-corrected chi connectivity index (χ3v) is 4.57. The molecule has 1 aliphatic heterocycles.